The van der Waals surface area contributed by atoms with Gasteiger partial charge in [-0.1, -0.05) is 54.6 Å². The smallest absolute Gasteiger partial charge is 0.296 e. The van der Waals surface area contributed by atoms with Crippen LogP contribution in [0.3, 0.4) is 0 Å². The number of fused-ring (bicyclic) bond motifs is 2. The molecule has 39 heavy (non-hydrogen) atoms. The Morgan fingerprint density at radius 2 is 1.72 bits per heavy atom. The summed E-state index contributed by atoms with van der Waals surface area (Å²) in [6.07, 6.45) is 1.85. The van der Waals surface area contributed by atoms with E-state index in [9.17, 15) is 26.4 Å². The normalized spacial score (nSPS) is 21.8. The van der Waals surface area contributed by atoms with Gasteiger partial charge < -0.3 is 5.32 Å². The molecular formula is C27H26N4O6S2. The van der Waals surface area contributed by atoms with Gasteiger partial charge in [-0.3, -0.25) is 14.3 Å². The topological polar surface area (TPSA) is 165 Å². The van der Waals surface area contributed by atoms with E-state index in [1.54, 1.807) is 31.2 Å². The zero-order chi connectivity index (χ0) is 28.0. The second kappa shape index (κ2) is 9.70. The Hall–Kier alpha value is -3.87. The van der Waals surface area contributed by atoms with Crippen molar-refractivity contribution < 1.29 is 26.4 Å². The van der Waals surface area contributed by atoms with Crippen molar-refractivity contribution in [1.29, 1.82) is 0 Å². The predicted octanol–water partition coefficient (Wildman–Crippen LogP) is 3.18. The predicted molar refractivity (Wildman–Crippen MR) is 147 cm³/mol. The summed E-state index contributed by atoms with van der Waals surface area (Å²) in [5, 5.41) is 7.83. The number of hydrogen-bond donors (Lipinski definition) is 3. The molecular weight excluding hydrogens is 540 g/mol. The third kappa shape index (κ3) is 5.10. The van der Waals surface area contributed by atoms with E-state index >= 15 is 0 Å². The summed E-state index contributed by atoms with van der Waals surface area (Å²) in [6, 6.07) is 20.4. The number of amidine groups is 1. The number of carbonyl (C=O) groups is 2. The Kier molecular flexibility index (Phi) is 6.65. The zero-order valence-corrected chi connectivity index (χ0v) is 22.6. The monoisotopic (exact) mass is 566 g/mol. The Balaban J connectivity index is 1.51. The minimum atomic E-state index is -4.39. The summed E-state index contributed by atoms with van der Waals surface area (Å²) >= 11 is 0. The van der Waals surface area contributed by atoms with Gasteiger partial charge in [0.25, 0.3) is 20.2 Å². The third-order valence-electron chi connectivity index (χ3n) is 7.11. The molecule has 0 fully saturated rings. The maximum Gasteiger partial charge on any atom is 0.296 e. The van der Waals surface area contributed by atoms with E-state index in [0.29, 0.717) is 24.0 Å². The summed E-state index contributed by atoms with van der Waals surface area (Å²) in [4.78, 5) is 27.4. The molecule has 2 unspecified atom stereocenters. The average molecular weight is 567 g/mol. The van der Waals surface area contributed by atoms with Crippen molar-refractivity contribution in [1.82, 2.24) is 0 Å². The van der Waals surface area contributed by atoms with Crippen LogP contribution in [0.4, 0.5) is 11.4 Å². The molecule has 0 radical (unpaired) electrons. The van der Waals surface area contributed by atoms with E-state index in [0.717, 1.165) is 18.1 Å². The van der Waals surface area contributed by atoms with Gasteiger partial charge in [0, 0.05) is 5.56 Å². The van der Waals surface area contributed by atoms with Gasteiger partial charge in [-0.2, -0.15) is 16.8 Å². The minimum Gasteiger partial charge on any atom is -0.341 e. The van der Waals surface area contributed by atoms with Crippen molar-refractivity contribution in [2.24, 2.45) is 15.5 Å². The molecule has 0 amide bonds. The van der Waals surface area contributed by atoms with Crippen molar-refractivity contribution in [3.8, 4) is 0 Å². The molecule has 5 rings (SSSR count). The molecule has 202 valence electrons. The van der Waals surface area contributed by atoms with Gasteiger partial charge in [0.1, 0.15) is 16.6 Å². The number of carbonyl (C=O) groups excluding carboxylic acids is 2. The molecule has 0 aromatic heterocycles. The van der Waals surface area contributed by atoms with Crippen molar-refractivity contribution in [3.63, 3.8) is 0 Å². The number of nitrogens with two attached hydrogens (primary N) is 1. The Morgan fingerprint density at radius 1 is 1.03 bits per heavy atom. The number of aryl methyl sites for hydroxylation is 1. The Morgan fingerprint density at radius 3 is 2.44 bits per heavy atom. The standard InChI is InChI=1S/C27H26N4O6S2/c1-27(15-7-10-17-8-3-2-4-9-17)20-12-6-5-11-19(20)24(32)23(25(27)33)26-29-21-14-13-18(30-39(28,36)37)16-22(21)38(34,35)31-26/h2-6,8-9,11-14,16,23,30H,7,10,15H2,1H3,(H,29,31)(H2,28,36,37). The summed E-state index contributed by atoms with van der Waals surface area (Å²) in [5.41, 5.74) is 1.02. The lowest BCUT2D eigenvalue weighted by atomic mass is 9.63. The highest BCUT2D eigenvalue weighted by molar-refractivity contribution is 7.91. The van der Waals surface area contributed by atoms with Gasteiger partial charge in [0.15, 0.2) is 11.6 Å². The van der Waals surface area contributed by atoms with E-state index in [1.807, 2.05) is 35.1 Å². The number of rotatable bonds is 7. The number of ketones is 2. The fourth-order valence-corrected chi connectivity index (χ4v) is 6.87. The van der Waals surface area contributed by atoms with Gasteiger partial charge in [-0.25, -0.2) is 5.14 Å². The molecule has 0 saturated heterocycles. The first kappa shape index (κ1) is 26.7. The van der Waals surface area contributed by atoms with E-state index in [1.165, 1.54) is 12.1 Å². The van der Waals surface area contributed by atoms with Gasteiger partial charge >= 0.3 is 0 Å². The summed E-state index contributed by atoms with van der Waals surface area (Å²) in [5.74, 6) is -2.70. The van der Waals surface area contributed by atoms with Crippen molar-refractivity contribution >= 4 is 49.0 Å². The molecule has 12 heteroatoms. The molecule has 2 atom stereocenters. The van der Waals surface area contributed by atoms with E-state index in [-0.39, 0.29) is 22.1 Å². The number of anilines is 2. The molecule has 4 N–H and O–H groups in total. The molecule has 10 nitrogen and oxygen atoms in total. The summed E-state index contributed by atoms with van der Waals surface area (Å²) in [7, 11) is -8.53. The lowest BCUT2D eigenvalue weighted by molar-refractivity contribution is -0.125. The van der Waals surface area contributed by atoms with Crippen LogP contribution in [-0.4, -0.2) is 34.2 Å². The van der Waals surface area contributed by atoms with Crippen LogP contribution in [0, 0.1) is 5.92 Å². The number of hydrogen-bond acceptors (Lipinski definition) is 7. The van der Waals surface area contributed by atoms with Crippen molar-refractivity contribution in [2.75, 3.05) is 10.0 Å². The van der Waals surface area contributed by atoms with Crippen molar-refractivity contribution in [3.05, 3.63) is 89.5 Å². The molecule has 1 aliphatic carbocycles. The first-order valence-electron chi connectivity index (χ1n) is 12.2. The minimum absolute atomic E-state index is 0.0604. The van der Waals surface area contributed by atoms with Crippen LogP contribution >= 0.6 is 0 Å². The number of nitrogens with one attached hydrogen (secondary N) is 2. The van der Waals surface area contributed by atoms with Crippen LogP contribution in [-0.2, 0) is 36.9 Å². The quantitative estimate of drug-likeness (QED) is 0.370. The molecule has 0 bridgehead atoms. The van der Waals surface area contributed by atoms with E-state index in [4.69, 9.17) is 5.14 Å². The van der Waals surface area contributed by atoms with Gasteiger partial charge in [-0.05, 0) is 55.5 Å². The van der Waals surface area contributed by atoms with Gasteiger partial charge in [0.2, 0.25) is 0 Å². The molecule has 1 heterocycles. The van der Waals surface area contributed by atoms with Crippen LogP contribution < -0.4 is 15.2 Å². The maximum absolute atomic E-state index is 14.1. The first-order chi connectivity index (χ1) is 18.4. The van der Waals surface area contributed by atoms with Crippen LogP contribution in [0.15, 0.2) is 82.1 Å². The van der Waals surface area contributed by atoms with Gasteiger partial charge in [0.05, 0.1) is 16.8 Å². The lowest BCUT2D eigenvalue weighted by Crippen LogP contribution is -2.51. The van der Waals surface area contributed by atoms with Crippen LogP contribution in [0.1, 0.15) is 41.3 Å². The number of Topliss-reactive ketones (excluding diaryl/α,β-unsaturated/α-hetero) is 2. The van der Waals surface area contributed by atoms with Crippen LogP contribution in [0.25, 0.3) is 0 Å². The fourth-order valence-electron chi connectivity index (χ4n) is 5.23. The molecule has 1 aliphatic heterocycles. The maximum atomic E-state index is 14.1. The lowest BCUT2D eigenvalue weighted by Gasteiger charge is -2.38. The molecule has 0 spiro atoms. The highest BCUT2D eigenvalue weighted by Crippen LogP contribution is 2.42. The highest BCUT2D eigenvalue weighted by atomic mass is 32.2. The number of benzene rings is 3. The second-order valence-electron chi connectivity index (χ2n) is 9.81. The Labute approximate surface area is 226 Å². The van der Waals surface area contributed by atoms with E-state index < -0.39 is 43.1 Å². The summed E-state index contributed by atoms with van der Waals surface area (Å²) < 4.78 is 54.8. The Bertz CT molecular complexity index is 1740. The van der Waals surface area contributed by atoms with Crippen LogP contribution in [0.5, 0.6) is 0 Å². The zero-order valence-electron chi connectivity index (χ0n) is 20.9. The largest absolute Gasteiger partial charge is 0.341 e. The highest BCUT2D eigenvalue weighted by Gasteiger charge is 2.51. The molecule has 3 aromatic carbocycles. The van der Waals surface area contributed by atoms with E-state index in [2.05, 4.69) is 9.71 Å². The molecule has 2 aliphatic rings. The van der Waals surface area contributed by atoms with Crippen molar-refractivity contribution in [2.45, 2.75) is 36.5 Å². The van der Waals surface area contributed by atoms with Crippen LogP contribution in [0.2, 0.25) is 0 Å². The number of sulfonamides is 1. The average Bonchev–Trinajstić information content (AvgIpc) is 2.88. The molecule has 0 saturated carbocycles. The second-order valence-corrected chi connectivity index (χ2v) is 12.7. The SMILES string of the molecule is CC1(CCCc2ccccc2)C(=O)C(C2=NS(=O)(=O)c3cc(NS(N)(=O)=O)ccc3N2)C(=O)c2ccccc21. The first-order valence-corrected chi connectivity index (χ1v) is 15.2. The number of nitrogens with zero attached hydrogens (tertiary/aromatic N) is 1. The third-order valence-corrected chi connectivity index (χ3v) is 8.97. The fraction of sp³-hybridized carbons (Fsp3) is 0.222. The van der Waals surface area contributed by atoms with Gasteiger partial charge in [-0.15, -0.1) is 4.40 Å². The molecule has 3 aromatic rings. The summed E-state index contributed by atoms with van der Waals surface area (Å²) in [6.45, 7) is 1.79.